The Kier molecular flexibility index (Phi) is 6.12. The molecule has 154 valence electrons. The molecule has 0 unspecified atom stereocenters. The Hall–Kier alpha value is -2.04. The Balaban J connectivity index is 1.29. The van der Waals surface area contributed by atoms with Gasteiger partial charge in [0.05, 0.1) is 10.6 Å². The molecule has 0 aliphatic carbocycles. The van der Waals surface area contributed by atoms with Crippen molar-refractivity contribution >= 4 is 39.9 Å². The van der Waals surface area contributed by atoms with Crippen molar-refractivity contribution in [2.75, 3.05) is 55.0 Å². The zero-order chi connectivity index (χ0) is 20.4. The first-order chi connectivity index (χ1) is 14.0. The summed E-state index contributed by atoms with van der Waals surface area (Å²) in [5, 5.41) is 10.7. The molecule has 1 aromatic heterocycles. The van der Waals surface area contributed by atoms with E-state index in [1.54, 1.807) is 0 Å². The molecule has 0 spiro atoms. The van der Waals surface area contributed by atoms with Crippen molar-refractivity contribution in [3.63, 3.8) is 0 Å². The highest BCUT2D eigenvalue weighted by Crippen LogP contribution is 2.36. The number of hydrogen-bond acceptors (Lipinski definition) is 7. The zero-order valence-corrected chi connectivity index (χ0v) is 18.6. The van der Waals surface area contributed by atoms with E-state index >= 15 is 0 Å². The Bertz CT molecular complexity index is 876. The summed E-state index contributed by atoms with van der Waals surface area (Å²) in [6.07, 6.45) is 4.94. The molecule has 2 aliphatic heterocycles. The van der Waals surface area contributed by atoms with Crippen LogP contribution in [0.4, 0.5) is 16.8 Å². The molecule has 0 radical (unpaired) electrons. The van der Waals surface area contributed by atoms with Gasteiger partial charge in [-0.2, -0.15) is 14.6 Å². The van der Waals surface area contributed by atoms with Gasteiger partial charge >= 0.3 is 0 Å². The third-order valence-corrected chi connectivity index (χ3v) is 7.34. The summed E-state index contributed by atoms with van der Waals surface area (Å²) in [6.45, 7) is 4.29. The second kappa shape index (κ2) is 8.76. The minimum atomic E-state index is 0.546. The lowest BCUT2D eigenvalue weighted by atomic mass is 9.79. The molecular weight excluding hydrogens is 404 g/mol. The van der Waals surface area contributed by atoms with Gasteiger partial charge in [0, 0.05) is 57.5 Å². The fourth-order valence-corrected chi connectivity index (χ4v) is 5.51. The van der Waals surface area contributed by atoms with Crippen LogP contribution in [0.2, 0.25) is 5.02 Å². The minimum Gasteiger partial charge on any atom is -0.371 e. The van der Waals surface area contributed by atoms with Crippen molar-refractivity contribution in [2.24, 2.45) is 11.8 Å². The second-order valence-corrected chi connectivity index (χ2v) is 9.33. The average molecular weight is 431 g/mol. The van der Waals surface area contributed by atoms with Crippen molar-refractivity contribution in [3.05, 3.63) is 28.8 Å². The lowest BCUT2D eigenvalue weighted by Crippen LogP contribution is -2.41. The molecule has 2 aliphatic rings. The van der Waals surface area contributed by atoms with E-state index in [4.69, 9.17) is 16.9 Å². The van der Waals surface area contributed by atoms with Crippen molar-refractivity contribution in [3.8, 4) is 6.07 Å². The molecule has 0 N–H and O–H groups in total. The summed E-state index contributed by atoms with van der Waals surface area (Å²) in [6, 6.07) is 7.92. The highest BCUT2D eigenvalue weighted by Gasteiger charge is 2.30. The maximum absolute atomic E-state index is 9.06. The number of nitrogens with zero attached hydrogens (tertiary/aromatic N) is 6. The standard InChI is InChI=1S/C21H27ClN6S/c1-26(2)20-24-21(29-25-20)28-11-7-16(8-12-28)15-5-9-27(10-6-15)18-4-3-17(14-23)19(22)13-18/h3-4,13,15-16H,5-12H2,1-2H3. The monoisotopic (exact) mass is 430 g/mol. The van der Waals surface area contributed by atoms with Gasteiger partial charge in [-0.1, -0.05) is 11.6 Å². The Labute approximate surface area is 181 Å². The lowest BCUT2D eigenvalue weighted by molar-refractivity contribution is 0.233. The third kappa shape index (κ3) is 4.44. The Morgan fingerprint density at radius 2 is 1.69 bits per heavy atom. The molecular formula is C21H27ClN6S. The van der Waals surface area contributed by atoms with Gasteiger partial charge in [0.15, 0.2) is 0 Å². The Morgan fingerprint density at radius 3 is 2.21 bits per heavy atom. The molecule has 0 bridgehead atoms. The number of anilines is 3. The highest BCUT2D eigenvalue weighted by molar-refractivity contribution is 7.09. The van der Waals surface area contributed by atoms with E-state index in [9.17, 15) is 0 Å². The van der Waals surface area contributed by atoms with Crippen molar-refractivity contribution < 1.29 is 0 Å². The average Bonchev–Trinajstić information content (AvgIpc) is 3.25. The molecule has 6 nitrogen and oxygen atoms in total. The first-order valence-corrected chi connectivity index (χ1v) is 11.4. The molecule has 0 atom stereocenters. The predicted octanol–water partition coefficient (Wildman–Crippen LogP) is 4.26. The summed E-state index contributed by atoms with van der Waals surface area (Å²) in [5.41, 5.74) is 1.68. The molecule has 2 fully saturated rings. The van der Waals surface area contributed by atoms with Gasteiger partial charge in [-0.05, 0) is 55.7 Å². The summed E-state index contributed by atoms with van der Waals surface area (Å²) in [7, 11) is 3.96. The topological polar surface area (TPSA) is 59.3 Å². The molecule has 4 rings (SSSR count). The van der Waals surface area contributed by atoms with E-state index in [2.05, 4.69) is 25.2 Å². The van der Waals surface area contributed by atoms with Crippen LogP contribution < -0.4 is 14.7 Å². The van der Waals surface area contributed by atoms with Gasteiger partial charge in [0.2, 0.25) is 11.1 Å². The normalized spacial score (nSPS) is 18.7. The van der Waals surface area contributed by atoms with Crippen LogP contribution in [0.25, 0.3) is 0 Å². The van der Waals surface area contributed by atoms with Crippen LogP contribution in [0.3, 0.4) is 0 Å². The SMILES string of the molecule is CN(C)c1nsc(N2CCC(C3CCN(c4ccc(C#N)c(Cl)c4)CC3)CC2)n1. The third-order valence-electron chi connectivity index (χ3n) is 6.26. The zero-order valence-electron chi connectivity index (χ0n) is 17.0. The quantitative estimate of drug-likeness (QED) is 0.722. The molecule has 3 heterocycles. The largest absolute Gasteiger partial charge is 0.371 e. The van der Waals surface area contributed by atoms with Crippen LogP contribution in [0.1, 0.15) is 31.2 Å². The van der Waals surface area contributed by atoms with Crippen molar-refractivity contribution in [2.45, 2.75) is 25.7 Å². The summed E-state index contributed by atoms with van der Waals surface area (Å²) in [4.78, 5) is 11.4. The van der Waals surface area contributed by atoms with E-state index < -0.39 is 0 Å². The molecule has 0 amide bonds. The Morgan fingerprint density at radius 1 is 1.07 bits per heavy atom. The van der Waals surface area contributed by atoms with Crippen LogP contribution in [0, 0.1) is 23.2 Å². The molecule has 2 saturated heterocycles. The van der Waals surface area contributed by atoms with Crippen molar-refractivity contribution in [1.29, 1.82) is 5.26 Å². The molecule has 0 saturated carbocycles. The number of piperidine rings is 2. The van der Waals surface area contributed by atoms with Gasteiger partial charge in [-0.25, -0.2) is 0 Å². The maximum Gasteiger partial charge on any atom is 0.238 e. The fourth-order valence-electron chi connectivity index (χ4n) is 4.50. The summed E-state index contributed by atoms with van der Waals surface area (Å²) >= 11 is 7.73. The number of benzene rings is 1. The lowest BCUT2D eigenvalue weighted by Gasteiger charge is -2.40. The van der Waals surface area contributed by atoms with Crippen LogP contribution >= 0.6 is 23.1 Å². The van der Waals surface area contributed by atoms with E-state index in [1.165, 1.54) is 37.2 Å². The number of hydrogen-bond donors (Lipinski definition) is 0. The minimum absolute atomic E-state index is 0.546. The maximum atomic E-state index is 9.06. The number of rotatable bonds is 4. The number of aromatic nitrogens is 2. The molecule has 8 heteroatoms. The van der Waals surface area contributed by atoms with Crippen molar-refractivity contribution in [1.82, 2.24) is 9.36 Å². The van der Waals surface area contributed by atoms with Gasteiger partial charge < -0.3 is 14.7 Å². The van der Waals surface area contributed by atoms with E-state index in [-0.39, 0.29) is 0 Å². The van der Waals surface area contributed by atoms with Crippen LogP contribution in [-0.2, 0) is 0 Å². The fraction of sp³-hybridized carbons (Fsp3) is 0.571. The molecule has 2 aromatic rings. The van der Waals surface area contributed by atoms with Gasteiger partial charge in [-0.3, -0.25) is 0 Å². The van der Waals surface area contributed by atoms with Crippen LogP contribution in [-0.4, -0.2) is 49.6 Å². The van der Waals surface area contributed by atoms with Crippen LogP contribution in [0.15, 0.2) is 18.2 Å². The van der Waals surface area contributed by atoms with Gasteiger partial charge in [-0.15, -0.1) is 0 Å². The number of halogens is 1. The smallest absolute Gasteiger partial charge is 0.238 e. The highest BCUT2D eigenvalue weighted by atomic mass is 35.5. The summed E-state index contributed by atoms with van der Waals surface area (Å²) in [5.74, 6) is 2.41. The van der Waals surface area contributed by atoms with E-state index in [0.29, 0.717) is 10.6 Å². The summed E-state index contributed by atoms with van der Waals surface area (Å²) < 4.78 is 4.44. The van der Waals surface area contributed by atoms with Crippen LogP contribution in [0.5, 0.6) is 0 Å². The second-order valence-electron chi connectivity index (χ2n) is 8.20. The first kappa shape index (κ1) is 20.2. The van der Waals surface area contributed by atoms with Gasteiger partial charge in [0.25, 0.3) is 0 Å². The molecule has 1 aromatic carbocycles. The first-order valence-electron chi connectivity index (χ1n) is 10.3. The van der Waals surface area contributed by atoms with E-state index in [0.717, 1.165) is 54.8 Å². The number of nitriles is 1. The predicted molar refractivity (Wildman–Crippen MR) is 120 cm³/mol. The van der Waals surface area contributed by atoms with Gasteiger partial charge in [0.1, 0.15) is 6.07 Å². The molecule has 29 heavy (non-hydrogen) atoms. The van der Waals surface area contributed by atoms with E-state index in [1.807, 2.05) is 37.2 Å².